The van der Waals surface area contributed by atoms with Gasteiger partial charge in [0.15, 0.2) is 0 Å². The first-order valence-electron chi connectivity index (χ1n) is 4.51. The molecule has 1 aliphatic rings. The zero-order valence-corrected chi connectivity index (χ0v) is 8.17. The molecule has 0 aromatic rings. The van der Waals surface area contributed by atoms with E-state index in [1.54, 1.807) is 11.8 Å². The van der Waals surface area contributed by atoms with Crippen LogP contribution in [-0.2, 0) is 9.59 Å². The molecule has 0 spiro atoms. The molecule has 13 heavy (non-hydrogen) atoms. The maximum Gasteiger partial charge on any atom is 0.223 e. The van der Waals surface area contributed by atoms with Crippen LogP contribution >= 0.6 is 0 Å². The Morgan fingerprint density at radius 1 is 1.31 bits per heavy atom. The predicted octanol–water partition coefficient (Wildman–Crippen LogP) is 0.120. The average molecular weight is 184 g/mol. The van der Waals surface area contributed by atoms with Crippen LogP contribution in [0, 0.1) is 5.41 Å². The van der Waals surface area contributed by atoms with Crippen LogP contribution in [0.1, 0.15) is 26.7 Å². The molecule has 1 rings (SSSR count). The minimum absolute atomic E-state index is 0.0755. The van der Waals surface area contributed by atoms with Crippen molar-refractivity contribution < 1.29 is 9.59 Å². The van der Waals surface area contributed by atoms with Crippen molar-refractivity contribution in [3.8, 4) is 0 Å². The molecule has 0 aromatic heterocycles. The summed E-state index contributed by atoms with van der Waals surface area (Å²) in [5.41, 5.74) is 4.87. The topological polar surface area (TPSA) is 63.4 Å². The minimum Gasteiger partial charge on any atom is -0.369 e. The minimum atomic E-state index is -0.411. The van der Waals surface area contributed by atoms with Crippen LogP contribution < -0.4 is 5.73 Å². The van der Waals surface area contributed by atoms with Gasteiger partial charge in [0.25, 0.3) is 0 Å². The Balaban J connectivity index is 2.56. The van der Waals surface area contributed by atoms with Gasteiger partial charge in [-0.1, -0.05) is 6.92 Å². The second kappa shape index (κ2) is 3.36. The molecule has 0 atom stereocenters. The van der Waals surface area contributed by atoms with E-state index in [1.165, 1.54) is 0 Å². The number of hydrogen-bond donors (Lipinski definition) is 1. The maximum absolute atomic E-state index is 11.1. The number of likely N-dealkylation sites (tertiary alicyclic amines) is 1. The second-order valence-corrected chi connectivity index (χ2v) is 3.93. The van der Waals surface area contributed by atoms with E-state index in [4.69, 9.17) is 5.73 Å². The monoisotopic (exact) mass is 184 g/mol. The van der Waals surface area contributed by atoms with Crippen molar-refractivity contribution in [1.29, 1.82) is 0 Å². The smallest absolute Gasteiger partial charge is 0.223 e. The fourth-order valence-corrected chi connectivity index (χ4v) is 1.56. The first kappa shape index (κ1) is 10.0. The van der Waals surface area contributed by atoms with Crippen molar-refractivity contribution >= 4 is 11.8 Å². The van der Waals surface area contributed by atoms with E-state index in [1.807, 2.05) is 6.92 Å². The molecule has 0 bridgehead atoms. The van der Waals surface area contributed by atoms with E-state index < -0.39 is 5.41 Å². The molecule has 0 aliphatic carbocycles. The zero-order chi connectivity index (χ0) is 10.1. The van der Waals surface area contributed by atoms with E-state index in [2.05, 4.69) is 0 Å². The number of carbonyl (C=O) groups excluding carboxylic acids is 2. The summed E-state index contributed by atoms with van der Waals surface area (Å²) >= 11 is 0. The van der Waals surface area contributed by atoms with Crippen LogP contribution in [0.5, 0.6) is 0 Å². The van der Waals surface area contributed by atoms with Crippen molar-refractivity contribution in [2.24, 2.45) is 11.1 Å². The Labute approximate surface area is 78.1 Å². The van der Waals surface area contributed by atoms with Gasteiger partial charge in [-0.15, -0.1) is 0 Å². The van der Waals surface area contributed by atoms with Gasteiger partial charge in [-0.05, 0) is 12.8 Å². The number of primary amides is 1. The van der Waals surface area contributed by atoms with Gasteiger partial charge >= 0.3 is 0 Å². The van der Waals surface area contributed by atoms with Gasteiger partial charge in [-0.2, -0.15) is 0 Å². The molecule has 2 amide bonds. The number of amides is 2. The Morgan fingerprint density at radius 3 is 2.08 bits per heavy atom. The van der Waals surface area contributed by atoms with Crippen molar-refractivity contribution in [3.05, 3.63) is 0 Å². The van der Waals surface area contributed by atoms with Gasteiger partial charge in [0.2, 0.25) is 11.8 Å². The second-order valence-electron chi connectivity index (χ2n) is 3.93. The van der Waals surface area contributed by atoms with Crippen LogP contribution in [0.2, 0.25) is 0 Å². The Hall–Kier alpha value is -1.06. The van der Waals surface area contributed by atoms with E-state index in [0.29, 0.717) is 25.9 Å². The summed E-state index contributed by atoms with van der Waals surface area (Å²) in [6.45, 7) is 4.71. The van der Waals surface area contributed by atoms with E-state index in [9.17, 15) is 9.59 Å². The normalized spacial score (nSPS) is 21.2. The summed E-state index contributed by atoms with van der Waals surface area (Å²) in [5, 5.41) is 0. The Bertz CT molecular complexity index is 230. The first-order valence-corrected chi connectivity index (χ1v) is 4.51. The van der Waals surface area contributed by atoms with Gasteiger partial charge in [0, 0.05) is 25.4 Å². The van der Waals surface area contributed by atoms with E-state index >= 15 is 0 Å². The van der Waals surface area contributed by atoms with E-state index in [0.717, 1.165) is 0 Å². The summed E-state index contributed by atoms with van der Waals surface area (Å²) in [6.07, 6.45) is 1.36. The third kappa shape index (κ3) is 1.99. The number of hydrogen-bond acceptors (Lipinski definition) is 2. The first-order chi connectivity index (χ1) is 5.96. The molecule has 1 aliphatic heterocycles. The third-order valence-corrected chi connectivity index (χ3v) is 2.91. The molecule has 0 aromatic carbocycles. The highest BCUT2D eigenvalue weighted by atomic mass is 16.2. The van der Waals surface area contributed by atoms with Crippen LogP contribution in [0.4, 0.5) is 0 Å². The SMILES string of the molecule is CC(=O)N1CCC(C)(C(N)=O)CC1. The summed E-state index contributed by atoms with van der Waals surface area (Å²) in [4.78, 5) is 23.8. The molecular formula is C9H16N2O2. The molecule has 74 valence electrons. The largest absolute Gasteiger partial charge is 0.369 e. The molecule has 0 unspecified atom stereocenters. The van der Waals surface area contributed by atoms with Gasteiger partial charge in [-0.3, -0.25) is 9.59 Å². The fraction of sp³-hybridized carbons (Fsp3) is 0.778. The summed E-state index contributed by atoms with van der Waals surface area (Å²) in [7, 11) is 0. The van der Waals surface area contributed by atoms with Crippen molar-refractivity contribution in [2.75, 3.05) is 13.1 Å². The van der Waals surface area contributed by atoms with Crippen molar-refractivity contribution in [3.63, 3.8) is 0 Å². The lowest BCUT2D eigenvalue weighted by atomic mass is 9.80. The van der Waals surface area contributed by atoms with Crippen LogP contribution in [0.25, 0.3) is 0 Å². The molecule has 1 heterocycles. The number of carbonyl (C=O) groups is 2. The maximum atomic E-state index is 11.1. The number of piperidine rings is 1. The average Bonchev–Trinajstić information content (AvgIpc) is 2.04. The molecule has 2 N–H and O–H groups in total. The molecule has 0 saturated carbocycles. The third-order valence-electron chi connectivity index (χ3n) is 2.91. The van der Waals surface area contributed by atoms with Crippen LogP contribution in [0.3, 0.4) is 0 Å². The number of nitrogens with zero attached hydrogens (tertiary/aromatic N) is 1. The highest BCUT2D eigenvalue weighted by Crippen LogP contribution is 2.30. The standard InChI is InChI=1S/C9H16N2O2/c1-7(12)11-5-3-9(2,4-6-11)8(10)13/h3-6H2,1-2H3,(H2,10,13). The van der Waals surface area contributed by atoms with Crippen LogP contribution in [-0.4, -0.2) is 29.8 Å². The predicted molar refractivity (Wildman–Crippen MR) is 48.8 cm³/mol. The van der Waals surface area contributed by atoms with Gasteiger partial charge in [0.1, 0.15) is 0 Å². The fourth-order valence-electron chi connectivity index (χ4n) is 1.56. The molecule has 0 radical (unpaired) electrons. The van der Waals surface area contributed by atoms with Gasteiger partial charge in [0.05, 0.1) is 0 Å². The molecule has 1 fully saturated rings. The molecule has 1 saturated heterocycles. The lowest BCUT2D eigenvalue weighted by Crippen LogP contribution is -2.46. The van der Waals surface area contributed by atoms with Crippen molar-refractivity contribution in [1.82, 2.24) is 4.90 Å². The summed E-state index contributed by atoms with van der Waals surface area (Å²) in [5.74, 6) is -0.178. The number of nitrogens with two attached hydrogens (primary N) is 1. The molecule has 4 nitrogen and oxygen atoms in total. The molecule has 4 heteroatoms. The summed E-state index contributed by atoms with van der Waals surface area (Å²) in [6, 6.07) is 0. The Morgan fingerprint density at radius 2 is 1.77 bits per heavy atom. The lowest BCUT2D eigenvalue weighted by Gasteiger charge is -2.36. The van der Waals surface area contributed by atoms with Crippen molar-refractivity contribution in [2.45, 2.75) is 26.7 Å². The van der Waals surface area contributed by atoms with Crippen LogP contribution in [0.15, 0.2) is 0 Å². The quantitative estimate of drug-likeness (QED) is 0.629. The highest BCUT2D eigenvalue weighted by Gasteiger charge is 2.35. The number of rotatable bonds is 1. The lowest BCUT2D eigenvalue weighted by molar-refractivity contribution is -0.136. The summed E-state index contributed by atoms with van der Waals surface area (Å²) < 4.78 is 0. The van der Waals surface area contributed by atoms with E-state index in [-0.39, 0.29) is 11.8 Å². The molecular weight excluding hydrogens is 168 g/mol. The highest BCUT2D eigenvalue weighted by molar-refractivity contribution is 5.81. The van der Waals surface area contributed by atoms with Gasteiger partial charge in [-0.25, -0.2) is 0 Å². The van der Waals surface area contributed by atoms with Gasteiger partial charge < -0.3 is 10.6 Å². The zero-order valence-electron chi connectivity index (χ0n) is 8.17. The Kier molecular flexibility index (Phi) is 2.59.